The van der Waals surface area contributed by atoms with Crippen LogP contribution in [0.3, 0.4) is 0 Å². The topological polar surface area (TPSA) is 17.1 Å². The Hall–Kier alpha value is -1.46. The summed E-state index contributed by atoms with van der Waals surface area (Å²) in [6.07, 6.45) is 0. The highest BCUT2D eigenvalue weighted by Gasteiger charge is 2.29. The number of halogens is 4. The molecular weight excluding hydrogens is 309 g/mol. The highest BCUT2D eigenvalue weighted by atomic mass is 35.5. The molecule has 0 bridgehead atoms. The average molecular weight is 317 g/mol. The van der Waals surface area contributed by atoms with Crippen LogP contribution in [0.15, 0.2) is 53.4 Å². The first-order valence-corrected chi connectivity index (χ1v) is 6.71. The van der Waals surface area contributed by atoms with Gasteiger partial charge in [-0.15, -0.1) is 0 Å². The fraction of sp³-hybridized carbons (Fsp3) is 0.0714. The molecule has 0 aliphatic heterocycles. The number of alkyl halides is 3. The highest BCUT2D eigenvalue weighted by Crippen LogP contribution is 2.36. The quantitative estimate of drug-likeness (QED) is 0.573. The number of thioether (sulfide) groups is 1. The van der Waals surface area contributed by atoms with E-state index in [2.05, 4.69) is 0 Å². The Bertz CT molecular complexity index is 606. The third-order valence-electron chi connectivity index (χ3n) is 2.46. The summed E-state index contributed by atoms with van der Waals surface area (Å²) in [6, 6.07) is 11.6. The summed E-state index contributed by atoms with van der Waals surface area (Å²) in [7, 11) is 0. The minimum Gasteiger partial charge on any atom is -0.289 e. The summed E-state index contributed by atoms with van der Waals surface area (Å²) in [5.41, 5.74) is -3.56. The molecular formula is C14H8ClF3OS. The summed E-state index contributed by atoms with van der Waals surface area (Å²) in [5, 5.41) is 0.512. The molecule has 2 aromatic carbocycles. The van der Waals surface area contributed by atoms with Gasteiger partial charge in [0.1, 0.15) is 0 Å². The third-order valence-corrected chi connectivity index (χ3v) is 3.45. The Labute approximate surface area is 122 Å². The lowest BCUT2D eigenvalue weighted by Crippen LogP contribution is -2.02. The molecule has 0 saturated heterocycles. The Morgan fingerprint density at radius 1 is 0.900 bits per heavy atom. The molecule has 0 heterocycles. The van der Waals surface area contributed by atoms with Crippen LogP contribution in [0.25, 0.3) is 0 Å². The monoisotopic (exact) mass is 316 g/mol. The van der Waals surface area contributed by atoms with Gasteiger partial charge in [0.2, 0.25) is 0 Å². The molecule has 0 unspecified atom stereocenters. The maximum atomic E-state index is 12.2. The Kier molecular flexibility index (Phi) is 4.40. The molecule has 20 heavy (non-hydrogen) atoms. The van der Waals surface area contributed by atoms with Crippen LogP contribution in [0.2, 0.25) is 5.02 Å². The molecule has 0 N–H and O–H groups in total. The fourth-order valence-corrected chi connectivity index (χ4v) is 2.24. The maximum absolute atomic E-state index is 12.2. The average Bonchev–Trinajstić information content (AvgIpc) is 2.38. The van der Waals surface area contributed by atoms with Crippen molar-refractivity contribution in [1.82, 2.24) is 0 Å². The lowest BCUT2D eigenvalue weighted by atomic mass is 10.0. The first kappa shape index (κ1) is 14.9. The van der Waals surface area contributed by atoms with Crippen LogP contribution in [0.5, 0.6) is 0 Å². The number of rotatable bonds is 3. The molecule has 0 aromatic heterocycles. The minimum atomic E-state index is -4.33. The van der Waals surface area contributed by atoms with Gasteiger partial charge in [-0.1, -0.05) is 11.6 Å². The van der Waals surface area contributed by atoms with Crippen molar-refractivity contribution in [3.8, 4) is 0 Å². The second kappa shape index (κ2) is 5.89. The highest BCUT2D eigenvalue weighted by molar-refractivity contribution is 8.00. The molecule has 2 rings (SSSR count). The van der Waals surface area contributed by atoms with Gasteiger partial charge in [0.15, 0.2) is 5.78 Å². The van der Waals surface area contributed by atoms with Crippen molar-refractivity contribution >= 4 is 29.1 Å². The number of hydrogen-bond donors (Lipinski definition) is 0. The number of hydrogen-bond acceptors (Lipinski definition) is 2. The normalized spacial score (nSPS) is 11.4. The van der Waals surface area contributed by atoms with Crippen molar-refractivity contribution in [1.29, 1.82) is 0 Å². The van der Waals surface area contributed by atoms with E-state index in [9.17, 15) is 18.0 Å². The predicted molar refractivity (Wildman–Crippen MR) is 73.2 cm³/mol. The van der Waals surface area contributed by atoms with Crippen LogP contribution in [-0.4, -0.2) is 11.3 Å². The summed E-state index contributed by atoms with van der Waals surface area (Å²) in [6.45, 7) is 0. The van der Waals surface area contributed by atoms with Crippen LogP contribution in [-0.2, 0) is 0 Å². The van der Waals surface area contributed by atoms with Gasteiger partial charge in [0, 0.05) is 21.0 Å². The first-order valence-electron chi connectivity index (χ1n) is 5.51. The van der Waals surface area contributed by atoms with Crippen molar-refractivity contribution in [2.75, 3.05) is 0 Å². The molecule has 0 radical (unpaired) electrons. The predicted octanol–water partition coefficient (Wildman–Crippen LogP) is 5.18. The van der Waals surface area contributed by atoms with Crippen LogP contribution in [0, 0.1) is 0 Å². The summed E-state index contributed by atoms with van der Waals surface area (Å²) < 4.78 is 36.6. The summed E-state index contributed by atoms with van der Waals surface area (Å²) in [4.78, 5) is 12.1. The van der Waals surface area contributed by atoms with E-state index in [1.165, 1.54) is 24.3 Å². The Balaban J connectivity index is 2.17. The van der Waals surface area contributed by atoms with Gasteiger partial charge in [-0.2, -0.15) is 13.2 Å². The zero-order valence-electron chi connectivity index (χ0n) is 9.95. The number of carbonyl (C=O) groups is 1. The van der Waals surface area contributed by atoms with E-state index in [1.807, 2.05) is 0 Å². The molecule has 0 fully saturated rings. The van der Waals surface area contributed by atoms with Gasteiger partial charge >= 0.3 is 5.51 Å². The molecule has 104 valence electrons. The van der Waals surface area contributed by atoms with E-state index >= 15 is 0 Å². The van der Waals surface area contributed by atoms with Gasteiger partial charge in [-0.25, -0.2) is 0 Å². The third kappa shape index (κ3) is 4.02. The molecule has 0 saturated carbocycles. The molecule has 0 aliphatic carbocycles. The standard InChI is InChI=1S/C14H8ClF3OS/c15-11-5-1-9(2-6-11)13(19)10-3-7-12(8-4-10)20-14(16,17)18/h1-8H. The van der Waals surface area contributed by atoms with E-state index < -0.39 is 5.51 Å². The van der Waals surface area contributed by atoms with E-state index in [1.54, 1.807) is 24.3 Å². The van der Waals surface area contributed by atoms with Crippen molar-refractivity contribution in [3.63, 3.8) is 0 Å². The molecule has 0 spiro atoms. The van der Waals surface area contributed by atoms with Crippen LogP contribution in [0.1, 0.15) is 15.9 Å². The van der Waals surface area contributed by atoms with Gasteiger partial charge in [0.25, 0.3) is 0 Å². The van der Waals surface area contributed by atoms with Crippen LogP contribution >= 0.6 is 23.4 Å². The second-order valence-electron chi connectivity index (χ2n) is 3.91. The summed E-state index contributed by atoms with van der Waals surface area (Å²) in [5.74, 6) is -0.259. The fourth-order valence-electron chi connectivity index (χ4n) is 1.58. The molecule has 6 heteroatoms. The van der Waals surface area contributed by atoms with Gasteiger partial charge in [-0.05, 0) is 60.3 Å². The van der Waals surface area contributed by atoms with Crippen LogP contribution < -0.4 is 0 Å². The van der Waals surface area contributed by atoms with Crippen LogP contribution in [0.4, 0.5) is 13.2 Å². The van der Waals surface area contributed by atoms with Crippen molar-refractivity contribution in [2.45, 2.75) is 10.4 Å². The van der Waals surface area contributed by atoms with Crippen molar-refractivity contribution in [2.24, 2.45) is 0 Å². The van der Waals surface area contributed by atoms with E-state index in [0.717, 1.165) is 0 Å². The SMILES string of the molecule is O=C(c1ccc(Cl)cc1)c1ccc(SC(F)(F)F)cc1. The zero-order chi connectivity index (χ0) is 14.8. The number of ketones is 1. The summed E-state index contributed by atoms with van der Waals surface area (Å²) >= 11 is 5.51. The lowest BCUT2D eigenvalue weighted by molar-refractivity contribution is -0.0328. The van der Waals surface area contributed by atoms with E-state index in [0.29, 0.717) is 16.1 Å². The zero-order valence-corrected chi connectivity index (χ0v) is 11.5. The maximum Gasteiger partial charge on any atom is 0.446 e. The first-order chi connectivity index (χ1) is 9.35. The molecule has 1 nitrogen and oxygen atoms in total. The van der Waals surface area contributed by atoms with E-state index in [4.69, 9.17) is 11.6 Å². The smallest absolute Gasteiger partial charge is 0.289 e. The van der Waals surface area contributed by atoms with E-state index in [-0.39, 0.29) is 22.4 Å². The van der Waals surface area contributed by atoms with Gasteiger partial charge < -0.3 is 0 Å². The molecule has 0 atom stereocenters. The molecule has 0 amide bonds. The van der Waals surface area contributed by atoms with Gasteiger partial charge in [-0.3, -0.25) is 4.79 Å². The minimum absolute atomic E-state index is 0.0464. The second-order valence-corrected chi connectivity index (χ2v) is 5.48. The lowest BCUT2D eigenvalue weighted by Gasteiger charge is -2.06. The molecule has 2 aromatic rings. The Morgan fingerprint density at radius 2 is 1.35 bits per heavy atom. The van der Waals surface area contributed by atoms with Crippen molar-refractivity contribution in [3.05, 3.63) is 64.7 Å². The largest absolute Gasteiger partial charge is 0.446 e. The Morgan fingerprint density at radius 3 is 1.80 bits per heavy atom. The molecule has 0 aliphatic rings. The van der Waals surface area contributed by atoms with Crippen molar-refractivity contribution < 1.29 is 18.0 Å². The number of benzene rings is 2. The van der Waals surface area contributed by atoms with Gasteiger partial charge in [0.05, 0.1) is 0 Å². The number of carbonyl (C=O) groups excluding carboxylic acids is 1.